The second-order valence-corrected chi connectivity index (χ2v) is 7.50. The van der Waals surface area contributed by atoms with Crippen LogP contribution in [0.25, 0.3) is 0 Å². The van der Waals surface area contributed by atoms with E-state index in [0.717, 1.165) is 19.3 Å². The molecule has 0 heterocycles. The van der Waals surface area contributed by atoms with Crippen molar-refractivity contribution in [1.82, 2.24) is 0 Å². The van der Waals surface area contributed by atoms with E-state index in [2.05, 4.69) is 0 Å². The summed E-state index contributed by atoms with van der Waals surface area (Å²) in [6, 6.07) is 5.64. The SMILES string of the molecule is CC12CCC3c4ccc(O)cc4CCC3C1CCC2(F)F. The smallest absolute Gasteiger partial charge is 0.253 e. The zero-order chi connectivity index (χ0) is 14.8. The van der Waals surface area contributed by atoms with E-state index >= 15 is 0 Å². The molecule has 0 spiro atoms. The van der Waals surface area contributed by atoms with Crippen molar-refractivity contribution in [2.45, 2.75) is 57.3 Å². The molecule has 114 valence electrons. The highest BCUT2D eigenvalue weighted by Gasteiger charge is 2.63. The number of aromatic hydroxyl groups is 1. The van der Waals surface area contributed by atoms with Crippen molar-refractivity contribution in [3.05, 3.63) is 29.3 Å². The van der Waals surface area contributed by atoms with Crippen LogP contribution < -0.4 is 0 Å². The van der Waals surface area contributed by atoms with Crippen LogP contribution in [0.4, 0.5) is 8.78 Å². The first-order valence-electron chi connectivity index (χ1n) is 8.12. The van der Waals surface area contributed by atoms with E-state index in [1.807, 2.05) is 19.1 Å². The van der Waals surface area contributed by atoms with Crippen LogP contribution in [-0.2, 0) is 6.42 Å². The summed E-state index contributed by atoms with van der Waals surface area (Å²) in [7, 11) is 0. The van der Waals surface area contributed by atoms with E-state index in [1.165, 1.54) is 11.1 Å². The Balaban J connectivity index is 1.72. The van der Waals surface area contributed by atoms with Gasteiger partial charge in [-0.3, -0.25) is 0 Å². The van der Waals surface area contributed by atoms with Crippen molar-refractivity contribution < 1.29 is 13.9 Å². The van der Waals surface area contributed by atoms with Crippen molar-refractivity contribution in [2.24, 2.45) is 17.3 Å². The van der Waals surface area contributed by atoms with Crippen LogP contribution in [0.15, 0.2) is 18.2 Å². The number of hydrogen-bond donors (Lipinski definition) is 1. The van der Waals surface area contributed by atoms with Gasteiger partial charge in [0.15, 0.2) is 0 Å². The fourth-order valence-electron chi connectivity index (χ4n) is 5.50. The van der Waals surface area contributed by atoms with Gasteiger partial charge in [0.05, 0.1) is 0 Å². The van der Waals surface area contributed by atoms with Gasteiger partial charge >= 0.3 is 0 Å². The van der Waals surface area contributed by atoms with Crippen LogP contribution in [0, 0.1) is 17.3 Å². The molecule has 1 nitrogen and oxygen atoms in total. The molecular weight excluding hydrogens is 270 g/mol. The van der Waals surface area contributed by atoms with Crippen molar-refractivity contribution in [2.75, 3.05) is 0 Å². The molecule has 21 heavy (non-hydrogen) atoms. The zero-order valence-corrected chi connectivity index (χ0v) is 12.4. The second kappa shape index (κ2) is 4.21. The summed E-state index contributed by atoms with van der Waals surface area (Å²) in [4.78, 5) is 0. The molecule has 0 saturated heterocycles. The lowest BCUT2D eigenvalue weighted by molar-refractivity contribution is -0.132. The van der Waals surface area contributed by atoms with Crippen LogP contribution in [0.5, 0.6) is 5.75 Å². The van der Waals surface area contributed by atoms with Gasteiger partial charge in [-0.1, -0.05) is 13.0 Å². The van der Waals surface area contributed by atoms with Gasteiger partial charge in [-0.2, -0.15) is 0 Å². The first kappa shape index (κ1) is 13.5. The molecule has 3 heteroatoms. The first-order valence-corrected chi connectivity index (χ1v) is 8.12. The third-order valence-electron chi connectivity index (χ3n) is 6.70. The predicted molar refractivity (Wildman–Crippen MR) is 77.7 cm³/mol. The third-order valence-corrected chi connectivity index (χ3v) is 6.70. The summed E-state index contributed by atoms with van der Waals surface area (Å²) in [5.74, 6) is -1.19. The molecule has 1 aromatic rings. The van der Waals surface area contributed by atoms with Gasteiger partial charge in [-0.05, 0) is 73.1 Å². The fourth-order valence-corrected chi connectivity index (χ4v) is 5.50. The van der Waals surface area contributed by atoms with E-state index in [0.29, 0.717) is 30.4 Å². The molecule has 0 bridgehead atoms. The molecule has 1 aromatic carbocycles. The Kier molecular flexibility index (Phi) is 2.71. The van der Waals surface area contributed by atoms with E-state index in [4.69, 9.17) is 0 Å². The van der Waals surface area contributed by atoms with Crippen molar-refractivity contribution in [1.29, 1.82) is 0 Å². The zero-order valence-electron chi connectivity index (χ0n) is 12.4. The highest BCUT2D eigenvalue weighted by molar-refractivity contribution is 5.40. The number of alkyl halides is 2. The Morgan fingerprint density at radius 3 is 2.76 bits per heavy atom. The molecule has 4 unspecified atom stereocenters. The number of aryl methyl sites for hydroxylation is 1. The topological polar surface area (TPSA) is 20.2 Å². The molecule has 2 fully saturated rings. The molecule has 2 saturated carbocycles. The van der Waals surface area contributed by atoms with Crippen LogP contribution in [0.2, 0.25) is 0 Å². The predicted octanol–water partition coefficient (Wildman–Crippen LogP) is 4.88. The molecular formula is C18H22F2O. The average molecular weight is 292 g/mol. The average Bonchev–Trinajstić information content (AvgIpc) is 2.69. The Labute approximate surface area is 124 Å². The van der Waals surface area contributed by atoms with E-state index in [9.17, 15) is 13.9 Å². The first-order chi connectivity index (χ1) is 9.92. The molecule has 4 rings (SSSR count). The quantitative estimate of drug-likeness (QED) is 0.722. The minimum Gasteiger partial charge on any atom is -0.508 e. The summed E-state index contributed by atoms with van der Waals surface area (Å²) in [6.45, 7) is 1.83. The molecule has 0 aliphatic heterocycles. The Hall–Kier alpha value is -1.12. The number of benzene rings is 1. The molecule has 0 amide bonds. The number of rotatable bonds is 0. The summed E-state index contributed by atoms with van der Waals surface area (Å²) < 4.78 is 28.7. The molecule has 4 atom stereocenters. The number of phenols is 1. The maximum atomic E-state index is 14.3. The van der Waals surface area contributed by atoms with Crippen LogP contribution >= 0.6 is 0 Å². The fraction of sp³-hybridized carbons (Fsp3) is 0.667. The largest absolute Gasteiger partial charge is 0.508 e. The number of phenolic OH excluding ortho intramolecular Hbond substituents is 1. The molecule has 3 aliphatic rings. The van der Waals surface area contributed by atoms with Crippen molar-refractivity contribution in [3.63, 3.8) is 0 Å². The lowest BCUT2D eigenvalue weighted by Gasteiger charge is -2.50. The normalized spacial score (nSPS) is 40.2. The van der Waals surface area contributed by atoms with E-state index < -0.39 is 11.3 Å². The second-order valence-electron chi connectivity index (χ2n) is 7.50. The number of fused-ring (bicyclic) bond motifs is 5. The van der Waals surface area contributed by atoms with E-state index in [-0.39, 0.29) is 12.3 Å². The monoisotopic (exact) mass is 292 g/mol. The molecule has 0 aromatic heterocycles. The standard InChI is InChI=1S/C18H22F2O/c1-17-8-6-14-13-5-3-12(21)10-11(13)2-4-15(14)16(17)7-9-18(17,19)20/h3,5,10,14-16,21H,2,4,6-9H2,1H3. The summed E-state index contributed by atoms with van der Waals surface area (Å²) >= 11 is 0. The van der Waals surface area contributed by atoms with Crippen molar-refractivity contribution in [3.8, 4) is 5.75 Å². The van der Waals surface area contributed by atoms with Crippen LogP contribution in [0.3, 0.4) is 0 Å². The third kappa shape index (κ3) is 1.72. The van der Waals surface area contributed by atoms with Crippen LogP contribution in [-0.4, -0.2) is 11.0 Å². The maximum absolute atomic E-state index is 14.3. The Bertz CT molecular complexity index is 583. The van der Waals surface area contributed by atoms with Gasteiger partial charge in [-0.25, -0.2) is 8.78 Å². The number of halogens is 2. The number of hydrogen-bond acceptors (Lipinski definition) is 1. The summed E-state index contributed by atoms with van der Waals surface area (Å²) in [5, 5.41) is 9.64. The van der Waals surface area contributed by atoms with Crippen LogP contribution in [0.1, 0.15) is 56.1 Å². The van der Waals surface area contributed by atoms with Gasteiger partial charge in [0.25, 0.3) is 5.92 Å². The Morgan fingerprint density at radius 2 is 1.95 bits per heavy atom. The minimum absolute atomic E-state index is 0.0693. The van der Waals surface area contributed by atoms with Gasteiger partial charge in [-0.15, -0.1) is 0 Å². The van der Waals surface area contributed by atoms with Gasteiger partial charge < -0.3 is 5.11 Å². The summed E-state index contributed by atoms with van der Waals surface area (Å²) in [5.41, 5.74) is 1.74. The highest BCUT2D eigenvalue weighted by atomic mass is 19.3. The maximum Gasteiger partial charge on any atom is 0.253 e. The van der Waals surface area contributed by atoms with Crippen molar-refractivity contribution >= 4 is 0 Å². The van der Waals surface area contributed by atoms with Gasteiger partial charge in [0.2, 0.25) is 0 Å². The highest BCUT2D eigenvalue weighted by Crippen LogP contribution is 2.65. The lowest BCUT2D eigenvalue weighted by atomic mass is 9.55. The van der Waals surface area contributed by atoms with E-state index in [1.54, 1.807) is 6.07 Å². The summed E-state index contributed by atoms with van der Waals surface area (Å²) in [6.07, 6.45) is 4.16. The molecule has 1 N–H and O–H groups in total. The van der Waals surface area contributed by atoms with Gasteiger partial charge in [0.1, 0.15) is 5.75 Å². The molecule has 0 radical (unpaired) electrons. The Morgan fingerprint density at radius 1 is 1.14 bits per heavy atom. The lowest BCUT2D eigenvalue weighted by Crippen LogP contribution is -2.46. The van der Waals surface area contributed by atoms with Gasteiger partial charge in [0, 0.05) is 11.8 Å². The minimum atomic E-state index is -2.49. The molecule has 3 aliphatic carbocycles.